The number of imidazole rings is 1. The van der Waals surface area contributed by atoms with Crippen molar-refractivity contribution in [1.29, 1.82) is 0 Å². The number of fused-ring (bicyclic) bond motifs is 2. The van der Waals surface area contributed by atoms with Crippen molar-refractivity contribution < 1.29 is 23.2 Å². The third-order valence-corrected chi connectivity index (χ3v) is 13.8. The minimum absolute atomic E-state index is 0.00760. The molecule has 18 heteroatoms. The number of piperazine rings is 1. The Morgan fingerprint density at radius 1 is 1.00 bits per heavy atom. The lowest BCUT2D eigenvalue weighted by atomic mass is 9.85. The largest absolute Gasteiger partial charge is 0.351 e. The van der Waals surface area contributed by atoms with Crippen LogP contribution >= 0.6 is 0 Å². The molecule has 1 unspecified atom stereocenters. The van der Waals surface area contributed by atoms with Gasteiger partial charge in [0.25, 0.3) is 12.3 Å². The number of hydrogen-bond acceptors (Lipinski definition) is 10. The van der Waals surface area contributed by atoms with E-state index in [0.29, 0.717) is 34.7 Å². The average Bonchev–Trinajstić information content (AvgIpc) is 3.53. The van der Waals surface area contributed by atoms with Crippen LogP contribution in [0.3, 0.4) is 0 Å². The van der Waals surface area contributed by atoms with Crippen LogP contribution in [0.1, 0.15) is 104 Å². The number of hydrogen-bond donors (Lipinski definition) is 2. The van der Waals surface area contributed by atoms with Crippen molar-refractivity contribution in [1.82, 2.24) is 48.6 Å². The molecule has 4 aromatic heterocycles. The van der Waals surface area contributed by atoms with Crippen LogP contribution in [0.4, 0.5) is 20.3 Å². The maximum Gasteiger partial charge on any atom is 0.329 e. The van der Waals surface area contributed by atoms with E-state index in [1.54, 1.807) is 28.6 Å². The highest BCUT2D eigenvalue weighted by Crippen LogP contribution is 2.51. The Bertz CT molecular complexity index is 2690. The number of nitrogens with zero attached hydrogens (tertiary/aromatic N) is 10. The summed E-state index contributed by atoms with van der Waals surface area (Å²) in [5.74, 6) is 6.54. The average molecular weight is 849 g/mol. The van der Waals surface area contributed by atoms with E-state index in [4.69, 9.17) is 4.98 Å². The van der Waals surface area contributed by atoms with Crippen LogP contribution in [-0.2, 0) is 16.6 Å². The summed E-state index contributed by atoms with van der Waals surface area (Å²) < 4.78 is 34.8. The molecule has 7 heterocycles. The minimum Gasteiger partial charge on any atom is -0.351 e. The molecule has 16 nitrogen and oxygen atoms in total. The zero-order chi connectivity index (χ0) is 42.7. The third-order valence-electron chi connectivity index (χ3n) is 13.8. The first-order valence-electron chi connectivity index (χ1n) is 21.8. The van der Waals surface area contributed by atoms with Crippen molar-refractivity contribution in [3.05, 3.63) is 70.2 Å². The summed E-state index contributed by atoms with van der Waals surface area (Å²) in [4.78, 5) is 63.2. The summed E-state index contributed by atoms with van der Waals surface area (Å²) >= 11 is 0. The van der Waals surface area contributed by atoms with Crippen LogP contribution in [-0.4, -0.2) is 112 Å². The van der Waals surface area contributed by atoms with Gasteiger partial charge in [-0.25, -0.2) is 23.1 Å². The van der Waals surface area contributed by atoms with Gasteiger partial charge in [-0.15, -0.1) is 0 Å². The standard InChI is InChI=1S/C44H50F2N12O4/c1-52-38-29(5-2-7-33(38)58(43(52)62)34-12-13-36(59)50-42(34)61)6-3-18-53-21-23-54(24-22-53)26-28-8-10-30(11-9-28)57-27-32(37(51-57)39(45)46)48-41(60)31-25-47-56-20-14-35(49-40(31)56)55-19-4-15-44(55)16-17-44/h2,5,7,14,20,25,27-28,30,34,39H,4,8-13,15-19,21-24,26H2,1H3,(H,48,60)(H,50,59,61). The molecule has 0 radical (unpaired) electrons. The topological polar surface area (TPSA) is 160 Å². The molecule has 10 rings (SSSR count). The van der Waals surface area contributed by atoms with Gasteiger partial charge in [0.15, 0.2) is 11.3 Å². The predicted octanol–water partition coefficient (Wildman–Crippen LogP) is 4.28. The molecular weight excluding hydrogens is 799 g/mol. The number of rotatable bonds is 9. The van der Waals surface area contributed by atoms with Crippen molar-refractivity contribution in [2.75, 3.05) is 56.0 Å². The number of nitrogens with one attached hydrogen (secondary N) is 2. The number of imide groups is 1. The molecule has 5 aromatic rings. The molecule has 1 aromatic carbocycles. The number of alkyl halides is 2. The minimum atomic E-state index is -2.85. The Labute approximate surface area is 356 Å². The van der Waals surface area contributed by atoms with Gasteiger partial charge in [-0.3, -0.25) is 38.4 Å². The first kappa shape index (κ1) is 40.2. The molecular formula is C44H50F2N12O4. The van der Waals surface area contributed by atoms with Gasteiger partial charge in [-0.05, 0) is 81.9 Å². The fourth-order valence-electron chi connectivity index (χ4n) is 10.3. The van der Waals surface area contributed by atoms with E-state index in [-0.39, 0.29) is 47.3 Å². The van der Waals surface area contributed by atoms with Crippen molar-refractivity contribution in [3.63, 3.8) is 0 Å². The fourth-order valence-corrected chi connectivity index (χ4v) is 10.3. The second-order valence-electron chi connectivity index (χ2n) is 17.7. The Balaban J connectivity index is 0.720. The van der Waals surface area contributed by atoms with Crippen LogP contribution < -0.4 is 21.2 Å². The van der Waals surface area contributed by atoms with Crippen LogP contribution in [0.25, 0.3) is 16.7 Å². The number of halogens is 2. The highest BCUT2D eigenvalue weighted by molar-refractivity contribution is 6.08. The first-order valence-corrected chi connectivity index (χ1v) is 21.8. The molecule has 5 aliphatic rings. The molecule has 2 saturated carbocycles. The maximum atomic E-state index is 14.3. The van der Waals surface area contributed by atoms with Crippen molar-refractivity contribution in [2.45, 2.75) is 88.3 Å². The summed E-state index contributed by atoms with van der Waals surface area (Å²) in [5.41, 5.74) is 2.05. The second kappa shape index (κ2) is 16.1. The number of piperidine rings is 1. The summed E-state index contributed by atoms with van der Waals surface area (Å²) in [6.07, 6.45) is 10.5. The SMILES string of the molecule is Cn1c(=O)n(C2CCC(=O)NC2=O)c2cccc(C#CCN3CCN(CC4CCC(n5cc(NC(=O)c6cnn7ccc(N8CCCC89CC9)nc67)c(C(F)F)n5)CC4)CC3)c21. The van der Waals surface area contributed by atoms with Crippen molar-refractivity contribution in [2.24, 2.45) is 13.0 Å². The number of aryl methyl sites for hydroxylation is 1. The summed E-state index contributed by atoms with van der Waals surface area (Å²) in [6.45, 7) is 6.08. The summed E-state index contributed by atoms with van der Waals surface area (Å²) in [6, 6.07) is 6.66. The van der Waals surface area contributed by atoms with E-state index < -0.39 is 30.0 Å². The number of aromatic nitrogens is 7. The first-order chi connectivity index (χ1) is 30.0. The van der Waals surface area contributed by atoms with Gasteiger partial charge in [0.1, 0.15) is 17.4 Å². The lowest BCUT2D eigenvalue weighted by Crippen LogP contribution is -2.48. The van der Waals surface area contributed by atoms with Crippen LogP contribution in [0, 0.1) is 17.8 Å². The molecule has 0 bridgehead atoms. The molecule has 1 spiro atoms. The lowest BCUT2D eigenvalue weighted by molar-refractivity contribution is -0.135. The maximum absolute atomic E-state index is 14.3. The van der Waals surface area contributed by atoms with E-state index in [0.717, 1.165) is 96.5 Å². The molecule has 324 valence electrons. The van der Waals surface area contributed by atoms with Gasteiger partial charge >= 0.3 is 5.69 Å². The number of benzene rings is 1. The number of carbonyl (C=O) groups is 3. The zero-order valence-corrected chi connectivity index (χ0v) is 34.7. The molecule has 1 atom stereocenters. The van der Waals surface area contributed by atoms with Crippen molar-refractivity contribution in [3.8, 4) is 11.8 Å². The Hall–Kier alpha value is -5.93. The van der Waals surface area contributed by atoms with Gasteiger partial charge in [-0.1, -0.05) is 17.9 Å². The molecule has 3 aliphatic heterocycles. The fraction of sp³-hybridized carbons (Fsp3) is 0.523. The van der Waals surface area contributed by atoms with Gasteiger partial charge in [0, 0.05) is 70.7 Å². The Morgan fingerprint density at radius 3 is 2.55 bits per heavy atom. The van der Waals surface area contributed by atoms with E-state index in [1.165, 1.54) is 15.3 Å². The number of carbonyl (C=O) groups excluding carboxylic acids is 3. The molecule has 3 saturated heterocycles. The number of anilines is 2. The van der Waals surface area contributed by atoms with Gasteiger partial charge in [-0.2, -0.15) is 10.2 Å². The smallest absolute Gasteiger partial charge is 0.329 e. The highest BCUT2D eigenvalue weighted by atomic mass is 19.3. The monoisotopic (exact) mass is 848 g/mol. The van der Waals surface area contributed by atoms with Gasteiger partial charge in [0.2, 0.25) is 11.8 Å². The van der Waals surface area contributed by atoms with Gasteiger partial charge in [0.05, 0.1) is 41.1 Å². The second-order valence-corrected chi connectivity index (χ2v) is 17.7. The molecule has 2 N–H and O–H groups in total. The lowest BCUT2D eigenvalue weighted by Gasteiger charge is -2.37. The number of amides is 3. The highest BCUT2D eigenvalue weighted by Gasteiger charge is 2.51. The third kappa shape index (κ3) is 7.44. The van der Waals surface area contributed by atoms with Crippen LogP contribution in [0.15, 0.2) is 47.7 Å². The van der Waals surface area contributed by atoms with E-state index in [2.05, 4.69) is 47.4 Å². The Kier molecular flexibility index (Phi) is 10.4. The van der Waals surface area contributed by atoms with Gasteiger partial charge < -0.3 is 15.1 Å². The zero-order valence-electron chi connectivity index (χ0n) is 34.7. The van der Waals surface area contributed by atoms with E-state index in [9.17, 15) is 28.0 Å². The van der Waals surface area contributed by atoms with Crippen molar-refractivity contribution >= 4 is 45.9 Å². The normalized spacial score (nSPS) is 23.0. The number of para-hydroxylation sites is 1. The molecule has 2 aliphatic carbocycles. The van der Waals surface area contributed by atoms with Crippen LogP contribution in [0.5, 0.6) is 0 Å². The van der Waals surface area contributed by atoms with Crippen LogP contribution in [0.2, 0.25) is 0 Å². The quantitative estimate of drug-likeness (QED) is 0.162. The summed E-state index contributed by atoms with van der Waals surface area (Å²) in [5, 5.41) is 13.7. The Morgan fingerprint density at radius 2 is 1.79 bits per heavy atom. The summed E-state index contributed by atoms with van der Waals surface area (Å²) in [7, 11) is 1.68. The van der Waals surface area contributed by atoms with E-state index >= 15 is 0 Å². The molecule has 62 heavy (non-hydrogen) atoms. The molecule has 3 amide bonds. The van der Waals surface area contributed by atoms with E-state index in [1.807, 2.05) is 24.3 Å². The predicted molar refractivity (Wildman–Crippen MR) is 226 cm³/mol. The molecule has 5 fully saturated rings.